The molecule has 1 heterocycles. The van der Waals surface area contributed by atoms with Crippen LogP contribution in [0.2, 0.25) is 0 Å². The van der Waals surface area contributed by atoms with Crippen LogP contribution in [0.4, 0.5) is 5.82 Å². The molecule has 0 aliphatic heterocycles. The van der Waals surface area contributed by atoms with Crippen molar-refractivity contribution in [3.63, 3.8) is 0 Å². The van der Waals surface area contributed by atoms with Crippen LogP contribution in [0, 0.1) is 0 Å². The molecule has 8 heteroatoms. The van der Waals surface area contributed by atoms with Gasteiger partial charge in [0.1, 0.15) is 12.4 Å². The maximum absolute atomic E-state index is 5.97. The Hall–Kier alpha value is -4.20. The largest absolute Gasteiger partial charge is 0.489 e. The van der Waals surface area contributed by atoms with Crippen LogP contribution in [-0.4, -0.2) is 22.4 Å². The Balaban J connectivity index is 1.45. The summed E-state index contributed by atoms with van der Waals surface area (Å²) in [4.78, 5) is 0. The van der Waals surface area contributed by atoms with Crippen LogP contribution in [0.3, 0.4) is 0 Å². The van der Waals surface area contributed by atoms with Gasteiger partial charge in [-0.2, -0.15) is 5.10 Å². The monoisotopic (exact) mass is 386 g/mol. The van der Waals surface area contributed by atoms with Gasteiger partial charge >= 0.3 is 0 Å². The van der Waals surface area contributed by atoms with Gasteiger partial charge in [-0.05, 0) is 44.3 Å². The molecule has 0 aliphatic rings. The molecule has 8 nitrogen and oxygen atoms in total. The Kier molecular flexibility index (Phi) is 5.15. The highest BCUT2D eigenvalue weighted by molar-refractivity contribution is 5.99. The van der Waals surface area contributed by atoms with E-state index in [1.165, 1.54) is 10.8 Å². The van der Waals surface area contributed by atoms with Crippen LogP contribution in [0.1, 0.15) is 16.8 Å². The number of fused-ring (bicyclic) bond motifs is 1. The summed E-state index contributed by atoms with van der Waals surface area (Å²) in [7, 11) is 0. The van der Waals surface area contributed by atoms with Crippen LogP contribution in [0.25, 0.3) is 10.8 Å². The van der Waals surface area contributed by atoms with Gasteiger partial charge in [-0.1, -0.05) is 54.6 Å². The van der Waals surface area contributed by atoms with Gasteiger partial charge in [0.15, 0.2) is 17.3 Å². The highest BCUT2D eigenvalue weighted by atomic mass is 16.6. The number of ether oxygens (including phenoxy) is 1. The van der Waals surface area contributed by atoms with Crippen molar-refractivity contribution in [2.75, 3.05) is 5.73 Å². The van der Waals surface area contributed by atoms with E-state index in [2.05, 4.69) is 49.4 Å². The van der Waals surface area contributed by atoms with E-state index in [0.717, 1.165) is 16.9 Å². The van der Waals surface area contributed by atoms with Gasteiger partial charge < -0.3 is 16.2 Å². The third-order valence-corrected chi connectivity index (χ3v) is 4.26. The van der Waals surface area contributed by atoms with E-state index >= 15 is 0 Å². The fraction of sp³-hybridized carbons (Fsp3) is 0.0476. The summed E-state index contributed by atoms with van der Waals surface area (Å²) in [6.07, 6.45) is 1.56. The number of benzene rings is 3. The third-order valence-electron chi connectivity index (χ3n) is 4.26. The standard InChI is InChI=1S/C21H18N6O2/c22-20(19-21(23)27-29-26-19)25-24-12-14-5-3-9-17(11-14)28-13-16-8-4-7-15-6-1-2-10-18(15)16/h1-12H,13H2,(H2,22,25)(H2,23,27)/b24-12+. The van der Waals surface area contributed by atoms with Crippen LogP contribution in [0.15, 0.2) is 81.6 Å². The molecule has 29 heavy (non-hydrogen) atoms. The van der Waals surface area contributed by atoms with Crippen molar-refractivity contribution < 1.29 is 9.37 Å². The number of aromatic nitrogens is 2. The molecule has 144 valence electrons. The van der Waals surface area contributed by atoms with Crippen molar-refractivity contribution in [3.8, 4) is 5.75 Å². The predicted molar refractivity (Wildman–Crippen MR) is 112 cm³/mol. The maximum atomic E-state index is 5.97. The summed E-state index contributed by atoms with van der Waals surface area (Å²) in [6, 6.07) is 21.9. The van der Waals surface area contributed by atoms with Gasteiger partial charge in [0.25, 0.3) is 0 Å². The molecule has 0 spiro atoms. The highest BCUT2D eigenvalue weighted by Crippen LogP contribution is 2.21. The van der Waals surface area contributed by atoms with Crippen LogP contribution >= 0.6 is 0 Å². The third kappa shape index (κ3) is 4.22. The van der Waals surface area contributed by atoms with E-state index < -0.39 is 0 Å². The molecule has 0 aliphatic carbocycles. The van der Waals surface area contributed by atoms with Gasteiger partial charge in [-0.3, -0.25) is 0 Å². The highest BCUT2D eigenvalue weighted by Gasteiger charge is 2.10. The van der Waals surface area contributed by atoms with Crippen molar-refractivity contribution >= 4 is 28.6 Å². The first-order chi connectivity index (χ1) is 14.2. The second-order valence-corrected chi connectivity index (χ2v) is 6.23. The van der Waals surface area contributed by atoms with E-state index in [1.807, 2.05) is 42.5 Å². The lowest BCUT2D eigenvalue weighted by atomic mass is 10.1. The molecular weight excluding hydrogens is 368 g/mol. The number of anilines is 1. The van der Waals surface area contributed by atoms with Crippen molar-refractivity contribution in [1.82, 2.24) is 10.3 Å². The minimum Gasteiger partial charge on any atom is -0.489 e. The molecule has 3 aromatic carbocycles. The van der Waals surface area contributed by atoms with Crippen LogP contribution < -0.4 is 16.2 Å². The van der Waals surface area contributed by atoms with Crippen molar-refractivity contribution in [2.24, 2.45) is 15.9 Å². The Morgan fingerprint density at radius 1 is 1.03 bits per heavy atom. The summed E-state index contributed by atoms with van der Waals surface area (Å²) >= 11 is 0. The number of hydrogen-bond acceptors (Lipinski definition) is 7. The second kappa shape index (κ2) is 8.22. The molecule has 0 saturated heterocycles. The zero-order valence-electron chi connectivity index (χ0n) is 15.4. The zero-order valence-corrected chi connectivity index (χ0v) is 15.4. The molecule has 0 bridgehead atoms. The van der Waals surface area contributed by atoms with E-state index in [-0.39, 0.29) is 17.3 Å². The second-order valence-electron chi connectivity index (χ2n) is 6.23. The molecule has 4 rings (SSSR count). The van der Waals surface area contributed by atoms with E-state index in [1.54, 1.807) is 6.21 Å². The Morgan fingerprint density at radius 3 is 2.72 bits per heavy atom. The first-order valence-electron chi connectivity index (χ1n) is 8.85. The minimum absolute atomic E-state index is 0.0170. The normalized spacial score (nSPS) is 11.9. The molecule has 0 fully saturated rings. The lowest BCUT2D eigenvalue weighted by Crippen LogP contribution is -2.15. The predicted octanol–water partition coefficient (Wildman–Crippen LogP) is 3.12. The first-order valence-corrected chi connectivity index (χ1v) is 8.85. The van der Waals surface area contributed by atoms with E-state index in [4.69, 9.17) is 16.2 Å². The number of nitrogen functional groups attached to an aromatic ring is 1. The number of rotatable bonds is 6. The van der Waals surface area contributed by atoms with Gasteiger partial charge in [0.05, 0.1) is 6.21 Å². The molecule has 0 amide bonds. The fourth-order valence-electron chi connectivity index (χ4n) is 2.84. The lowest BCUT2D eigenvalue weighted by molar-refractivity contribution is 0.307. The first kappa shape index (κ1) is 18.2. The molecule has 1 aromatic heterocycles. The van der Waals surface area contributed by atoms with Crippen molar-refractivity contribution in [1.29, 1.82) is 0 Å². The molecule has 0 atom stereocenters. The van der Waals surface area contributed by atoms with Gasteiger partial charge in [0, 0.05) is 0 Å². The molecule has 4 N–H and O–H groups in total. The molecular formula is C21H18N6O2. The van der Waals surface area contributed by atoms with Crippen LogP contribution in [0.5, 0.6) is 5.75 Å². The van der Waals surface area contributed by atoms with Gasteiger partial charge in [-0.25, -0.2) is 4.63 Å². The van der Waals surface area contributed by atoms with Crippen molar-refractivity contribution in [3.05, 3.63) is 83.6 Å². The summed E-state index contributed by atoms with van der Waals surface area (Å²) in [5, 5.41) is 17.2. The van der Waals surface area contributed by atoms with Gasteiger partial charge in [-0.15, -0.1) is 5.10 Å². The van der Waals surface area contributed by atoms with Gasteiger partial charge in [0.2, 0.25) is 0 Å². The van der Waals surface area contributed by atoms with Crippen molar-refractivity contribution in [2.45, 2.75) is 6.61 Å². The number of hydrogen-bond donors (Lipinski definition) is 2. The van der Waals surface area contributed by atoms with E-state index in [9.17, 15) is 0 Å². The average Bonchev–Trinajstić information content (AvgIpc) is 3.18. The summed E-state index contributed by atoms with van der Waals surface area (Å²) < 4.78 is 10.5. The molecule has 0 saturated carbocycles. The number of nitrogens with zero attached hydrogens (tertiary/aromatic N) is 4. The Bertz CT molecular complexity index is 1190. The van der Waals surface area contributed by atoms with Crippen LogP contribution in [-0.2, 0) is 6.61 Å². The summed E-state index contributed by atoms with van der Waals surface area (Å²) in [5.41, 5.74) is 13.4. The minimum atomic E-state index is 0.0170. The summed E-state index contributed by atoms with van der Waals surface area (Å²) in [5.74, 6) is 0.803. The fourth-order valence-corrected chi connectivity index (χ4v) is 2.84. The maximum Gasteiger partial charge on any atom is 0.199 e. The van der Waals surface area contributed by atoms with E-state index in [0.29, 0.717) is 6.61 Å². The smallest absolute Gasteiger partial charge is 0.199 e. The Morgan fingerprint density at radius 2 is 1.86 bits per heavy atom. The SMILES string of the molecule is N/C(=N\N=C\c1cccc(OCc2cccc3ccccc23)c1)c1nonc1N. The molecule has 0 unspecified atom stereocenters. The molecule has 4 aromatic rings. The average molecular weight is 386 g/mol. The summed E-state index contributed by atoms with van der Waals surface area (Å²) in [6.45, 7) is 0.464. The Labute approximate surface area is 166 Å². The topological polar surface area (TPSA) is 125 Å². The number of nitrogens with two attached hydrogens (primary N) is 2. The lowest BCUT2D eigenvalue weighted by Gasteiger charge is -2.09. The quantitative estimate of drug-likeness (QED) is 0.298. The zero-order chi connectivity index (χ0) is 20.1. The molecule has 0 radical (unpaired) electrons. The number of amidine groups is 1.